The quantitative estimate of drug-likeness (QED) is 0.621. The lowest BCUT2D eigenvalue weighted by atomic mass is 9.72. The molecule has 20 heavy (non-hydrogen) atoms. The normalized spacial score (nSPS) is 31.2. The largest absolute Gasteiger partial charge is 0.376 e. The smallest absolute Gasteiger partial charge is 0.187 e. The molecule has 1 saturated heterocycles. The molecule has 0 unspecified atom stereocenters. The van der Waals surface area contributed by atoms with Crippen molar-refractivity contribution >= 4 is 23.0 Å². The minimum Gasteiger partial charge on any atom is -0.376 e. The fourth-order valence-corrected chi connectivity index (χ4v) is 3.51. The SMILES string of the molecule is C[C@H]1C/C(=N/NC(=S)NC[C@H]2CCCO2)CC(C)(C)C1. The van der Waals surface area contributed by atoms with Crippen molar-refractivity contribution in [2.24, 2.45) is 16.4 Å². The third-order valence-corrected chi connectivity index (χ3v) is 4.23. The van der Waals surface area contributed by atoms with Crippen molar-refractivity contribution in [2.75, 3.05) is 13.2 Å². The Labute approximate surface area is 127 Å². The molecule has 0 amide bonds. The van der Waals surface area contributed by atoms with E-state index in [2.05, 4.69) is 36.6 Å². The number of hydrazone groups is 1. The number of nitrogens with zero attached hydrogens (tertiary/aromatic N) is 1. The van der Waals surface area contributed by atoms with Gasteiger partial charge < -0.3 is 10.1 Å². The zero-order valence-corrected chi connectivity index (χ0v) is 13.7. The van der Waals surface area contributed by atoms with Gasteiger partial charge in [0.2, 0.25) is 0 Å². The summed E-state index contributed by atoms with van der Waals surface area (Å²) in [5.41, 5.74) is 4.57. The zero-order valence-electron chi connectivity index (χ0n) is 12.9. The minimum atomic E-state index is 0.302. The summed E-state index contributed by atoms with van der Waals surface area (Å²) in [7, 11) is 0. The highest BCUT2D eigenvalue weighted by atomic mass is 32.1. The van der Waals surface area contributed by atoms with Gasteiger partial charge >= 0.3 is 0 Å². The second kappa shape index (κ2) is 6.85. The summed E-state index contributed by atoms with van der Waals surface area (Å²) in [5, 5.41) is 8.28. The van der Waals surface area contributed by atoms with E-state index in [9.17, 15) is 0 Å². The predicted octanol–water partition coefficient (Wildman–Crippen LogP) is 2.83. The number of nitrogens with one attached hydrogen (secondary N) is 2. The number of rotatable bonds is 3. The van der Waals surface area contributed by atoms with Crippen LogP contribution in [0.4, 0.5) is 0 Å². The Bertz CT molecular complexity index is 375. The Balaban J connectivity index is 1.74. The molecule has 1 aliphatic carbocycles. The molecule has 0 aromatic heterocycles. The van der Waals surface area contributed by atoms with E-state index in [0.717, 1.165) is 38.8 Å². The van der Waals surface area contributed by atoms with Crippen LogP contribution in [0.15, 0.2) is 5.10 Å². The molecule has 0 radical (unpaired) electrons. The number of ether oxygens (including phenoxy) is 1. The second-order valence-corrected chi connectivity index (χ2v) is 7.40. The first kappa shape index (κ1) is 15.7. The van der Waals surface area contributed by atoms with Gasteiger partial charge in [-0.05, 0) is 55.7 Å². The molecule has 1 heterocycles. The molecule has 0 bridgehead atoms. The van der Waals surface area contributed by atoms with Gasteiger partial charge in [-0.3, -0.25) is 5.43 Å². The van der Waals surface area contributed by atoms with Gasteiger partial charge in [0.1, 0.15) is 0 Å². The Morgan fingerprint density at radius 3 is 2.95 bits per heavy atom. The van der Waals surface area contributed by atoms with Crippen LogP contribution < -0.4 is 10.7 Å². The molecular weight excluding hydrogens is 270 g/mol. The average molecular weight is 297 g/mol. The third-order valence-electron chi connectivity index (χ3n) is 4.00. The van der Waals surface area contributed by atoms with Gasteiger partial charge in [-0.1, -0.05) is 20.8 Å². The summed E-state index contributed by atoms with van der Waals surface area (Å²) in [5.74, 6) is 0.702. The van der Waals surface area contributed by atoms with Crippen LogP contribution >= 0.6 is 12.2 Å². The monoisotopic (exact) mass is 297 g/mol. The van der Waals surface area contributed by atoms with Crippen LogP contribution in [0.2, 0.25) is 0 Å². The summed E-state index contributed by atoms with van der Waals surface area (Å²) in [4.78, 5) is 0. The Kier molecular flexibility index (Phi) is 5.38. The predicted molar refractivity (Wildman–Crippen MR) is 86.9 cm³/mol. The van der Waals surface area contributed by atoms with Crippen LogP contribution in [0.25, 0.3) is 0 Å². The molecule has 5 heteroatoms. The van der Waals surface area contributed by atoms with Gasteiger partial charge in [-0.2, -0.15) is 5.10 Å². The fraction of sp³-hybridized carbons (Fsp3) is 0.867. The van der Waals surface area contributed by atoms with Crippen molar-refractivity contribution < 1.29 is 4.74 Å². The molecule has 1 saturated carbocycles. The maximum atomic E-state index is 5.55. The lowest BCUT2D eigenvalue weighted by molar-refractivity contribution is 0.114. The molecule has 2 atom stereocenters. The van der Waals surface area contributed by atoms with Crippen molar-refractivity contribution in [3.8, 4) is 0 Å². The zero-order chi connectivity index (χ0) is 14.6. The highest BCUT2D eigenvalue weighted by Gasteiger charge is 2.29. The van der Waals surface area contributed by atoms with Crippen molar-refractivity contribution in [3.05, 3.63) is 0 Å². The van der Waals surface area contributed by atoms with Gasteiger partial charge in [0.15, 0.2) is 5.11 Å². The number of hydrogen-bond donors (Lipinski definition) is 2. The second-order valence-electron chi connectivity index (χ2n) is 6.99. The van der Waals surface area contributed by atoms with Gasteiger partial charge in [0, 0.05) is 18.9 Å². The van der Waals surface area contributed by atoms with Crippen LogP contribution in [-0.2, 0) is 4.74 Å². The molecule has 0 aromatic carbocycles. The molecule has 2 fully saturated rings. The summed E-state index contributed by atoms with van der Waals surface area (Å²) in [6, 6.07) is 0. The Morgan fingerprint density at radius 2 is 2.30 bits per heavy atom. The van der Waals surface area contributed by atoms with Crippen molar-refractivity contribution in [2.45, 2.75) is 59.0 Å². The van der Waals surface area contributed by atoms with E-state index < -0.39 is 0 Å². The lowest BCUT2D eigenvalue weighted by Crippen LogP contribution is -2.38. The van der Waals surface area contributed by atoms with Crippen LogP contribution in [0.3, 0.4) is 0 Å². The molecule has 0 aromatic rings. The van der Waals surface area contributed by atoms with Crippen molar-refractivity contribution in [1.82, 2.24) is 10.7 Å². The van der Waals surface area contributed by atoms with Crippen LogP contribution in [-0.4, -0.2) is 30.1 Å². The van der Waals surface area contributed by atoms with Gasteiger partial charge in [-0.15, -0.1) is 0 Å². The topological polar surface area (TPSA) is 45.7 Å². The van der Waals surface area contributed by atoms with Gasteiger partial charge in [0.25, 0.3) is 0 Å². The first-order valence-corrected chi connectivity index (χ1v) is 8.06. The lowest BCUT2D eigenvalue weighted by Gasteiger charge is -2.34. The molecule has 2 aliphatic rings. The summed E-state index contributed by atoms with van der Waals surface area (Å²) < 4.78 is 5.55. The molecule has 114 valence electrons. The van der Waals surface area contributed by atoms with E-state index in [4.69, 9.17) is 17.0 Å². The molecule has 2 N–H and O–H groups in total. The maximum Gasteiger partial charge on any atom is 0.187 e. The van der Waals surface area contributed by atoms with Crippen molar-refractivity contribution in [3.63, 3.8) is 0 Å². The summed E-state index contributed by atoms with van der Waals surface area (Å²) in [6.45, 7) is 8.57. The van der Waals surface area contributed by atoms with E-state index in [0.29, 0.717) is 22.5 Å². The van der Waals surface area contributed by atoms with E-state index in [1.807, 2.05) is 0 Å². The molecule has 0 spiro atoms. The summed E-state index contributed by atoms with van der Waals surface area (Å²) in [6.07, 6.45) is 5.98. The Morgan fingerprint density at radius 1 is 1.50 bits per heavy atom. The molecule has 2 rings (SSSR count). The first-order valence-electron chi connectivity index (χ1n) is 7.65. The van der Waals surface area contributed by atoms with Gasteiger partial charge in [0.05, 0.1) is 6.10 Å². The first-order chi connectivity index (χ1) is 9.44. The average Bonchev–Trinajstić information content (AvgIpc) is 2.84. The van der Waals surface area contributed by atoms with Gasteiger partial charge in [-0.25, -0.2) is 0 Å². The standard InChI is InChI=1S/C15H27N3OS/c1-11-7-12(9-15(2,3)8-11)17-18-14(20)16-10-13-5-4-6-19-13/h11,13H,4-10H2,1-3H3,(H2,16,18,20)/b17-12-/t11-,13+/m0/s1. The molecule has 4 nitrogen and oxygen atoms in total. The van der Waals surface area contributed by atoms with E-state index in [-0.39, 0.29) is 0 Å². The summed E-state index contributed by atoms with van der Waals surface area (Å²) >= 11 is 5.26. The molecule has 1 aliphatic heterocycles. The number of hydrogen-bond acceptors (Lipinski definition) is 3. The van der Waals surface area contributed by atoms with Crippen LogP contribution in [0, 0.1) is 11.3 Å². The van der Waals surface area contributed by atoms with Crippen molar-refractivity contribution in [1.29, 1.82) is 0 Å². The number of thiocarbonyl (C=S) groups is 1. The van der Waals surface area contributed by atoms with E-state index >= 15 is 0 Å². The van der Waals surface area contributed by atoms with Crippen LogP contribution in [0.1, 0.15) is 52.9 Å². The fourth-order valence-electron chi connectivity index (χ4n) is 3.38. The van der Waals surface area contributed by atoms with E-state index in [1.165, 1.54) is 12.1 Å². The van der Waals surface area contributed by atoms with E-state index in [1.54, 1.807) is 0 Å². The minimum absolute atomic E-state index is 0.302. The maximum absolute atomic E-state index is 5.55. The highest BCUT2D eigenvalue weighted by molar-refractivity contribution is 7.80. The van der Waals surface area contributed by atoms with Crippen LogP contribution in [0.5, 0.6) is 0 Å². The Hall–Kier alpha value is -0.680. The molecular formula is C15H27N3OS. The third kappa shape index (κ3) is 5.02. The highest BCUT2D eigenvalue weighted by Crippen LogP contribution is 2.36.